The first-order valence-corrected chi connectivity index (χ1v) is 9.43. The van der Waals surface area contributed by atoms with Gasteiger partial charge in [0, 0.05) is 17.4 Å². The predicted molar refractivity (Wildman–Crippen MR) is 88.8 cm³/mol. The van der Waals surface area contributed by atoms with Crippen LogP contribution in [0.5, 0.6) is 0 Å². The molecular weight excluding hydrogens is 508 g/mol. The third-order valence-corrected chi connectivity index (χ3v) is 5.81. The molecule has 1 aliphatic carbocycles. The Balaban J connectivity index is 3.67. The third-order valence-electron chi connectivity index (χ3n) is 5.81. The Bertz CT molecular complexity index is 689. The lowest BCUT2D eigenvalue weighted by atomic mass is 9.65. The lowest BCUT2D eigenvalue weighted by Gasteiger charge is -2.48. The number of alkyl halides is 12. The number of hydrogen-bond donors (Lipinski definition) is 2. The molecule has 2 atom stereocenters. The van der Waals surface area contributed by atoms with Crippen molar-refractivity contribution in [3.8, 4) is 0 Å². The van der Waals surface area contributed by atoms with Crippen molar-refractivity contribution in [3.05, 3.63) is 12.2 Å². The summed E-state index contributed by atoms with van der Waals surface area (Å²) < 4.78 is 164. The van der Waals surface area contributed by atoms with E-state index >= 15 is 0 Å². The number of rotatable bonds is 5. The average Bonchev–Trinajstić information content (AvgIpc) is 2.61. The van der Waals surface area contributed by atoms with Crippen LogP contribution in [0.1, 0.15) is 33.1 Å². The highest BCUT2D eigenvalue weighted by molar-refractivity contribution is 5.88. The van der Waals surface area contributed by atoms with Crippen LogP contribution in [0.2, 0.25) is 0 Å². The molecule has 2 unspecified atom stereocenters. The fraction of sp³-hybridized carbons (Fsp3) is 0.833. The highest BCUT2D eigenvalue weighted by Crippen LogP contribution is 2.57. The van der Waals surface area contributed by atoms with Crippen LogP contribution in [0.3, 0.4) is 0 Å². The largest absolute Gasteiger partial charge is 0.459 e. The normalized spacial score (nSPS) is 23.7. The second kappa shape index (κ2) is 9.06. The number of carbonyl (C=O) groups excluding carboxylic acids is 1. The highest BCUT2D eigenvalue weighted by atomic mass is 19.4. The number of halogens is 12. The first kappa shape index (κ1) is 30.3. The SMILES string of the molecule is C=C(C(=O)OC1CC(C(O)(C(F)(F)F)C(F)(F)F)CC(C(O)(C(F)(F)F)C(F)(F)F)C1)C(C)C. The molecule has 1 rings (SSSR count). The maximum Gasteiger partial charge on any atom is 0.426 e. The Labute approximate surface area is 184 Å². The minimum atomic E-state index is -6.59. The van der Waals surface area contributed by atoms with Crippen LogP contribution in [-0.2, 0) is 9.53 Å². The van der Waals surface area contributed by atoms with Gasteiger partial charge in [0.25, 0.3) is 11.2 Å². The summed E-state index contributed by atoms with van der Waals surface area (Å²) >= 11 is 0. The van der Waals surface area contributed by atoms with E-state index in [9.17, 15) is 67.7 Å². The standard InChI is InChI=1S/C18H20F12O4/c1-7(2)8(3)12(31)34-11-5-9(13(32,15(19,20)21)16(22,23)24)4-10(6-11)14(33,17(25,26)27)18(28,29)30/h7,9-11,32-33H,3-6H2,1-2H3. The molecule has 0 spiro atoms. The number of esters is 1. The van der Waals surface area contributed by atoms with E-state index in [-0.39, 0.29) is 0 Å². The topological polar surface area (TPSA) is 66.8 Å². The first-order chi connectivity index (χ1) is 14.8. The molecule has 1 saturated carbocycles. The second-order valence-electron chi connectivity index (χ2n) is 8.33. The van der Waals surface area contributed by atoms with E-state index in [0.717, 1.165) is 0 Å². The predicted octanol–water partition coefficient (Wildman–Crippen LogP) is 5.24. The molecule has 4 nitrogen and oxygen atoms in total. The summed E-state index contributed by atoms with van der Waals surface area (Å²) in [6, 6.07) is 0. The van der Waals surface area contributed by atoms with Gasteiger partial charge in [-0.05, 0) is 25.2 Å². The van der Waals surface area contributed by atoms with Crippen LogP contribution in [0.4, 0.5) is 52.7 Å². The van der Waals surface area contributed by atoms with E-state index in [1.165, 1.54) is 13.8 Å². The zero-order valence-corrected chi connectivity index (χ0v) is 17.4. The van der Waals surface area contributed by atoms with Gasteiger partial charge in [0.15, 0.2) is 0 Å². The van der Waals surface area contributed by atoms with Crippen LogP contribution >= 0.6 is 0 Å². The quantitative estimate of drug-likeness (QED) is 0.291. The molecule has 0 aromatic carbocycles. The molecule has 34 heavy (non-hydrogen) atoms. The van der Waals surface area contributed by atoms with Crippen LogP contribution in [0, 0.1) is 17.8 Å². The Kier molecular flexibility index (Phi) is 8.08. The summed E-state index contributed by atoms with van der Waals surface area (Å²) in [6.45, 7) is 5.90. The second-order valence-corrected chi connectivity index (χ2v) is 8.33. The van der Waals surface area contributed by atoms with Crippen molar-refractivity contribution >= 4 is 5.97 Å². The third kappa shape index (κ3) is 5.26. The van der Waals surface area contributed by atoms with E-state index in [4.69, 9.17) is 0 Å². The number of carbonyl (C=O) groups is 1. The zero-order chi connectivity index (χ0) is 27.3. The Morgan fingerprint density at radius 3 is 1.26 bits per heavy atom. The van der Waals surface area contributed by atoms with E-state index in [1.807, 2.05) is 0 Å². The van der Waals surface area contributed by atoms with Gasteiger partial charge in [-0.1, -0.05) is 20.4 Å². The van der Waals surface area contributed by atoms with Crippen molar-refractivity contribution in [1.82, 2.24) is 0 Å². The molecule has 1 aliphatic rings. The maximum absolute atomic E-state index is 13.3. The van der Waals surface area contributed by atoms with Gasteiger partial charge < -0.3 is 14.9 Å². The minimum Gasteiger partial charge on any atom is -0.459 e. The molecule has 0 saturated heterocycles. The van der Waals surface area contributed by atoms with Gasteiger partial charge in [-0.15, -0.1) is 0 Å². The van der Waals surface area contributed by atoms with Crippen molar-refractivity contribution in [2.24, 2.45) is 17.8 Å². The number of aliphatic hydroxyl groups is 2. The van der Waals surface area contributed by atoms with Gasteiger partial charge in [-0.2, -0.15) is 52.7 Å². The van der Waals surface area contributed by atoms with Gasteiger partial charge in [0.1, 0.15) is 6.10 Å². The molecule has 200 valence electrons. The van der Waals surface area contributed by atoms with Crippen molar-refractivity contribution in [1.29, 1.82) is 0 Å². The molecule has 0 bridgehead atoms. The Morgan fingerprint density at radius 1 is 0.735 bits per heavy atom. The molecule has 0 heterocycles. The summed E-state index contributed by atoms with van der Waals surface area (Å²) in [6.07, 6.45) is -34.2. The van der Waals surface area contributed by atoms with Crippen molar-refractivity contribution in [3.63, 3.8) is 0 Å². The van der Waals surface area contributed by atoms with E-state index in [2.05, 4.69) is 11.3 Å². The molecule has 2 N–H and O–H groups in total. The Hall–Kier alpha value is -1.71. The molecule has 0 aliphatic heterocycles. The summed E-state index contributed by atoms with van der Waals surface area (Å²) in [4.78, 5) is 12.0. The zero-order valence-electron chi connectivity index (χ0n) is 17.4. The lowest BCUT2D eigenvalue weighted by molar-refractivity contribution is -0.405. The smallest absolute Gasteiger partial charge is 0.426 e. The van der Waals surface area contributed by atoms with Crippen LogP contribution < -0.4 is 0 Å². The fourth-order valence-electron chi connectivity index (χ4n) is 3.76. The fourth-order valence-corrected chi connectivity index (χ4v) is 3.76. The van der Waals surface area contributed by atoms with Gasteiger partial charge in [0.2, 0.25) is 0 Å². The van der Waals surface area contributed by atoms with Crippen molar-refractivity contribution in [2.45, 2.75) is 75.1 Å². The molecule has 1 fully saturated rings. The summed E-state index contributed by atoms with van der Waals surface area (Å²) in [5, 5.41) is 19.2. The van der Waals surface area contributed by atoms with Crippen LogP contribution in [-0.4, -0.2) is 58.2 Å². The van der Waals surface area contributed by atoms with E-state index in [1.54, 1.807) is 0 Å². The monoisotopic (exact) mass is 528 g/mol. The highest BCUT2D eigenvalue weighted by Gasteiger charge is 2.78. The maximum atomic E-state index is 13.3. The molecular formula is C18H20F12O4. The van der Waals surface area contributed by atoms with Crippen LogP contribution in [0.25, 0.3) is 0 Å². The number of hydrogen-bond acceptors (Lipinski definition) is 4. The summed E-state index contributed by atoms with van der Waals surface area (Å²) in [5.74, 6) is -9.00. The molecule has 0 aromatic rings. The number of ether oxygens (including phenoxy) is 1. The average molecular weight is 528 g/mol. The van der Waals surface area contributed by atoms with E-state index in [0.29, 0.717) is 0 Å². The van der Waals surface area contributed by atoms with Crippen molar-refractivity contribution < 1.29 is 72.4 Å². The summed E-state index contributed by atoms with van der Waals surface area (Å²) in [5.41, 5.74) is -12.0. The first-order valence-electron chi connectivity index (χ1n) is 9.43. The molecule has 16 heteroatoms. The van der Waals surface area contributed by atoms with Crippen LogP contribution in [0.15, 0.2) is 12.2 Å². The van der Waals surface area contributed by atoms with Gasteiger partial charge in [0.05, 0.1) is 0 Å². The summed E-state index contributed by atoms with van der Waals surface area (Å²) in [7, 11) is 0. The van der Waals surface area contributed by atoms with E-state index < -0.39 is 90.6 Å². The lowest BCUT2D eigenvalue weighted by Crippen LogP contribution is -2.67. The van der Waals surface area contributed by atoms with Gasteiger partial charge in [-0.3, -0.25) is 0 Å². The molecule has 0 radical (unpaired) electrons. The van der Waals surface area contributed by atoms with Gasteiger partial charge >= 0.3 is 30.7 Å². The van der Waals surface area contributed by atoms with Gasteiger partial charge in [-0.25, -0.2) is 4.79 Å². The van der Waals surface area contributed by atoms with Crippen molar-refractivity contribution in [2.75, 3.05) is 0 Å². The Morgan fingerprint density at radius 2 is 1.03 bits per heavy atom. The molecule has 0 amide bonds. The molecule has 0 aromatic heterocycles. The minimum absolute atomic E-state index is 0.428.